The Bertz CT molecular complexity index is 882. The molecule has 0 aliphatic heterocycles. The molecule has 1 heterocycles. The van der Waals surface area contributed by atoms with Gasteiger partial charge >= 0.3 is 0 Å². The molecule has 3 aromatic rings. The summed E-state index contributed by atoms with van der Waals surface area (Å²) in [5, 5.41) is 1.15. The summed E-state index contributed by atoms with van der Waals surface area (Å²) < 4.78 is 2.16. The number of hydrogen-bond donors (Lipinski definition) is 0. The summed E-state index contributed by atoms with van der Waals surface area (Å²) in [7, 11) is 0. The van der Waals surface area contributed by atoms with Gasteiger partial charge in [-0.1, -0.05) is 53.5 Å². The Balaban J connectivity index is 1.84. The van der Waals surface area contributed by atoms with Crippen molar-refractivity contribution in [2.24, 2.45) is 0 Å². The highest BCUT2D eigenvalue weighted by Crippen LogP contribution is 2.41. The second kappa shape index (κ2) is 5.88. The molecule has 0 radical (unpaired) electrons. The van der Waals surface area contributed by atoms with Gasteiger partial charge in [-0.15, -0.1) is 0 Å². The summed E-state index contributed by atoms with van der Waals surface area (Å²) in [6.45, 7) is 0. The van der Waals surface area contributed by atoms with Gasteiger partial charge in [-0.25, -0.2) is 4.98 Å². The largest absolute Gasteiger partial charge is 0.330 e. The number of halogens is 2. The molecule has 0 spiro atoms. The molecule has 2 aromatic carbocycles. The highest BCUT2D eigenvalue weighted by molar-refractivity contribution is 6.42. The topological polar surface area (TPSA) is 17.8 Å². The van der Waals surface area contributed by atoms with Gasteiger partial charge in [-0.05, 0) is 46.9 Å². The molecular weight excluding hydrogens is 327 g/mol. The third-order valence-corrected chi connectivity index (χ3v) is 4.99. The second-order valence-corrected chi connectivity index (χ2v) is 6.47. The van der Waals surface area contributed by atoms with E-state index in [0.717, 1.165) is 12.0 Å². The minimum absolute atomic E-state index is 0.254. The average Bonchev–Trinajstić information content (AvgIpc) is 3.19. The predicted octanol–water partition coefficient (Wildman–Crippen LogP) is 5.53. The molecule has 0 saturated heterocycles. The summed E-state index contributed by atoms with van der Waals surface area (Å²) >= 11 is 12.2. The van der Waals surface area contributed by atoms with E-state index in [9.17, 15) is 0 Å². The number of allylic oxidation sites excluding steroid dienone is 1. The molecule has 1 unspecified atom stereocenters. The van der Waals surface area contributed by atoms with Gasteiger partial charge in [0.1, 0.15) is 0 Å². The van der Waals surface area contributed by atoms with Gasteiger partial charge in [0.15, 0.2) is 0 Å². The zero-order valence-electron chi connectivity index (χ0n) is 12.3. The van der Waals surface area contributed by atoms with Crippen LogP contribution in [0.1, 0.15) is 22.7 Å². The minimum atomic E-state index is 0.254. The SMILES string of the molecule is Clc1ccc(C=C2c3ccccc3CC2n2ccnc2)cc1Cl. The molecule has 0 saturated carbocycles. The molecule has 0 N–H and O–H groups in total. The molecule has 1 aliphatic rings. The van der Waals surface area contributed by atoms with Crippen molar-refractivity contribution in [3.05, 3.63) is 87.9 Å². The minimum Gasteiger partial charge on any atom is -0.330 e. The van der Waals surface area contributed by atoms with E-state index < -0.39 is 0 Å². The normalized spacial score (nSPS) is 18.3. The van der Waals surface area contributed by atoms with Gasteiger partial charge in [0, 0.05) is 12.4 Å². The van der Waals surface area contributed by atoms with Gasteiger partial charge < -0.3 is 4.57 Å². The smallest absolute Gasteiger partial charge is 0.0951 e. The first kappa shape index (κ1) is 14.6. The molecule has 1 atom stereocenters. The molecule has 0 bridgehead atoms. The lowest BCUT2D eigenvalue weighted by Gasteiger charge is -2.14. The standard InChI is InChI=1S/C19H14Cl2N2/c20-17-6-5-13(10-18(17)21)9-16-15-4-2-1-3-14(15)11-19(16)23-8-7-22-12-23/h1-10,12,19H,11H2. The lowest BCUT2D eigenvalue weighted by molar-refractivity contribution is 0.638. The first-order chi connectivity index (χ1) is 11.2. The predicted molar refractivity (Wildman–Crippen MR) is 95.7 cm³/mol. The van der Waals surface area contributed by atoms with Gasteiger partial charge in [-0.3, -0.25) is 0 Å². The molecular formula is C19H14Cl2N2. The van der Waals surface area contributed by atoms with Crippen LogP contribution in [0, 0.1) is 0 Å². The number of nitrogens with zero attached hydrogens (tertiary/aromatic N) is 2. The Kier molecular flexibility index (Phi) is 3.72. The van der Waals surface area contributed by atoms with Crippen molar-refractivity contribution in [2.45, 2.75) is 12.5 Å². The molecule has 0 amide bonds. The maximum atomic E-state index is 6.16. The highest BCUT2D eigenvalue weighted by atomic mass is 35.5. The molecule has 2 nitrogen and oxygen atoms in total. The van der Waals surface area contributed by atoms with Crippen LogP contribution in [0.15, 0.2) is 61.2 Å². The van der Waals surface area contributed by atoms with Crippen LogP contribution in [0.2, 0.25) is 10.0 Å². The molecule has 114 valence electrons. The maximum absolute atomic E-state index is 6.16. The Morgan fingerprint density at radius 1 is 1.09 bits per heavy atom. The summed E-state index contributed by atoms with van der Waals surface area (Å²) in [6.07, 6.45) is 8.87. The number of aromatic nitrogens is 2. The van der Waals surface area contributed by atoms with Crippen molar-refractivity contribution in [1.29, 1.82) is 0 Å². The number of imidazole rings is 1. The van der Waals surface area contributed by atoms with Crippen molar-refractivity contribution in [1.82, 2.24) is 9.55 Å². The summed E-state index contributed by atoms with van der Waals surface area (Å²) in [4.78, 5) is 4.19. The fraction of sp³-hybridized carbons (Fsp3) is 0.105. The van der Waals surface area contributed by atoms with Crippen molar-refractivity contribution in [3.63, 3.8) is 0 Å². The van der Waals surface area contributed by atoms with Crippen LogP contribution in [0.3, 0.4) is 0 Å². The third kappa shape index (κ3) is 2.69. The Morgan fingerprint density at radius 2 is 1.96 bits per heavy atom. The molecule has 4 heteroatoms. The van der Waals surface area contributed by atoms with E-state index in [1.165, 1.54) is 16.7 Å². The Morgan fingerprint density at radius 3 is 2.74 bits per heavy atom. The van der Waals surface area contributed by atoms with Gasteiger partial charge in [-0.2, -0.15) is 0 Å². The zero-order chi connectivity index (χ0) is 15.8. The zero-order valence-corrected chi connectivity index (χ0v) is 13.8. The van der Waals surface area contributed by atoms with Crippen LogP contribution in [-0.4, -0.2) is 9.55 Å². The molecule has 4 rings (SSSR count). The van der Waals surface area contributed by atoms with E-state index in [1.54, 1.807) is 0 Å². The molecule has 23 heavy (non-hydrogen) atoms. The third-order valence-electron chi connectivity index (χ3n) is 4.25. The first-order valence-corrected chi connectivity index (χ1v) is 8.20. The van der Waals surface area contributed by atoms with Crippen molar-refractivity contribution in [2.75, 3.05) is 0 Å². The quantitative estimate of drug-likeness (QED) is 0.599. The number of benzene rings is 2. The van der Waals surface area contributed by atoms with Crippen molar-refractivity contribution < 1.29 is 0 Å². The van der Waals surface area contributed by atoms with Crippen LogP contribution in [0.25, 0.3) is 11.6 Å². The van der Waals surface area contributed by atoms with Crippen LogP contribution in [-0.2, 0) is 6.42 Å². The van der Waals surface area contributed by atoms with E-state index in [2.05, 4.69) is 39.9 Å². The first-order valence-electron chi connectivity index (χ1n) is 7.45. The van der Waals surface area contributed by atoms with Gasteiger partial charge in [0.25, 0.3) is 0 Å². The van der Waals surface area contributed by atoms with Gasteiger partial charge in [0.2, 0.25) is 0 Å². The van der Waals surface area contributed by atoms with Gasteiger partial charge in [0.05, 0.1) is 22.4 Å². The van der Waals surface area contributed by atoms with E-state index in [1.807, 2.05) is 36.9 Å². The van der Waals surface area contributed by atoms with Crippen LogP contribution in [0.4, 0.5) is 0 Å². The highest BCUT2D eigenvalue weighted by Gasteiger charge is 2.27. The monoisotopic (exact) mass is 340 g/mol. The fourth-order valence-corrected chi connectivity index (χ4v) is 3.46. The van der Waals surface area contributed by atoms with Crippen LogP contribution >= 0.6 is 23.2 Å². The van der Waals surface area contributed by atoms with E-state index >= 15 is 0 Å². The maximum Gasteiger partial charge on any atom is 0.0951 e. The van der Waals surface area contributed by atoms with E-state index in [4.69, 9.17) is 23.2 Å². The summed E-state index contributed by atoms with van der Waals surface area (Å²) in [5.41, 5.74) is 4.97. The van der Waals surface area contributed by atoms with Crippen molar-refractivity contribution in [3.8, 4) is 0 Å². The molecule has 0 fully saturated rings. The van der Waals surface area contributed by atoms with E-state index in [-0.39, 0.29) is 6.04 Å². The Labute approximate surface area is 145 Å². The lowest BCUT2D eigenvalue weighted by atomic mass is 10.0. The number of hydrogen-bond acceptors (Lipinski definition) is 1. The van der Waals surface area contributed by atoms with Crippen molar-refractivity contribution >= 4 is 34.9 Å². The van der Waals surface area contributed by atoms with Crippen LogP contribution in [0.5, 0.6) is 0 Å². The van der Waals surface area contributed by atoms with Crippen LogP contribution < -0.4 is 0 Å². The summed E-state index contributed by atoms with van der Waals surface area (Å²) in [5.74, 6) is 0. The fourth-order valence-electron chi connectivity index (χ4n) is 3.15. The summed E-state index contributed by atoms with van der Waals surface area (Å²) in [6, 6.07) is 14.5. The molecule has 1 aliphatic carbocycles. The number of rotatable bonds is 2. The number of fused-ring (bicyclic) bond motifs is 1. The van der Waals surface area contributed by atoms with E-state index in [0.29, 0.717) is 10.0 Å². The second-order valence-electron chi connectivity index (χ2n) is 5.66. The Hall–Kier alpha value is -2.03. The molecule has 1 aromatic heterocycles. The average molecular weight is 341 g/mol. The lowest BCUT2D eigenvalue weighted by Crippen LogP contribution is -2.05.